The molecule has 2 amide bonds. The lowest BCUT2D eigenvalue weighted by molar-refractivity contribution is 0.184. The van der Waals surface area contributed by atoms with Crippen LogP contribution in [0.3, 0.4) is 0 Å². The Balaban J connectivity index is 1.43. The number of hydrogen-bond acceptors (Lipinski definition) is 4. The molecule has 1 aliphatic heterocycles. The van der Waals surface area contributed by atoms with Gasteiger partial charge >= 0.3 is 6.03 Å². The van der Waals surface area contributed by atoms with Gasteiger partial charge in [-0.25, -0.2) is 9.78 Å². The van der Waals surface area contributed by atoms with Crippen molar-refractivity contribution in [1.82, 2.24) is 19.8 Å². The van der Waals surface area contributed by atoms with Crippen molar-refractivity contribution in [2.24, 2.45) is 0 Å². The summed E-state index contributed by atoms with van der Waals surface area (Å²) in [6.45, 7) is 5.20. The number of amides is 2. The molecule has 29 heavy (non-hydrogen) atoms. The normalized spacial score (nSPS) is 14.5. The maximum atomic E-state index is 12.8. The first-order chi connectivity index (χ1) is 14.0. The number of aryl methyl sites for hydroxylation is 1. The first-order valence-electron chi connectivity index (χ1n) is 9.61. The van der Waals surface area contributed by atoms with Crippen molar-refractivity contribution in [3.8, 4) is 17.2 Å². The van der Waals surface area contributed by atoms with E-state index in [-0.39, 0.29) is 17.8 Å². The van der Waals surface area contributed by atoms with E-state index >= 15 is 0 Å². The van der Waals surface area contributed by atoms with E-state index in [0.717, 1.165) is 22.6 Å². The molecule has 150 valence electrons. The van der Waals surface area contributed by atoms with Crippen molar-refractivity contribution in [3.05, 3.63) is 71.8 Å². The summed E-state index contributed by atoms with van der Waals surface area (Å²) >= 11 is 0. The molecule has 1 unspecified atom stereocenters. The number of phenols is 1. The molecular weight excluding hydrogens is 368 g/mol. The quantitative estimate of drug-likeness (QED) is 0.714. The third-order valence-corrected chi connectivity index (χ3v) is 5.15. The molecule has 0 spiro atoms. The summed E-state index contributed by atoms with van der Waals surface area (Å²) in [6.07, 6.45) is 3.70. The summed E-state index contributed by atoms with van der Waals surface area (Å²) in [6, 6.07) is 12.7. The number of phenolic OH excluding ortho intramolecular Hbond substituents is 1. The molecule has 0 fully saturated rings. The molecule has 1 aliphatic rings. The number of fused-ring (bicyclic) bond motifs is 1. The van der Waals surface area contributed by atoms with E-state index in [1.807, 2.05) is 48.9 Å². The summed E-state index contributed by atoms with van der Waals surface area (Å²) in [7, 11) is 0. The minimum atomic E-state index is -0.160. The molecule has 0 bridgehead atoms. The fourth-order valence-corrected chi connectivity index (χ4v) is 3.49. The molecule has 7 heteroatoms. The van der Waals surface area contributed by atoms with Crippen LogP contribution in [0.2, 0.25) is 0 Å². The second-order valence-electron chi connectivity index (χ2n) is 7.17. The van der Waals surface area contributed by atoms with Crippen molar-refractivity contribution >= 4 is 6.03 Å². The maximum absolute atomic E-state index is 12.8. The van der Waals surface area contributed by atoms with Gasteiger partial charge < -0.3 is 24.6 Å². The second-order valence-corrected chi connectivity index (χ2v) is 7.17. The van der Waals surface area contributed by atoms with Crippen LogP contribution in [0.15, 0.2) is 54.9 Å². The van der Waals surface area contributed by atoms with Crippen LogP contribution in [0.1, 0.15) is 29.9 Å². The zero-order valence-corrected chi connectivity index (χ0v) is 16.5. The van der Waals surface area contributed by atoms with Gasteiger partial charge in [0.2, 0.25) is 0 Å². The van der Waals surface area contributed by atoms with Crippen LogP contribution in [0, 0.1) is 6.92 Å². The van der Waals surface area contributed by atoms with Crippen LogP contribution in [0.5, 0.6) is 11.5 Å². The molecule has 3 aromatic rings. The van der Waals surface area contributed by atoms with Crippen LogP contribution < -0.4 is 10.1 Å². The smallest absolute Gasteiger partial charge is 0.318 e. The Bertz CT molecular complexity index is 1010. The fraction of sp³-hybridized carbons (Fsp3) is 0.273. The number of hydrogen-bond donors (Lipinski definition) is 2. The highest BCUT2D eigenvalue weighted by molar-refractivity contribution is 5.75. The summed E-state index contributed by atoms with van der Waals surface area (Å²) in [5, 5.41) is 12.8. The maximum Gasteiger partial charge on any atom is 0.318 e. The Kier molecular flexibility index (Phi) is 5.12. The number of urea groups is 1. The minimum absolute atomic E-state index is 0.145. The number of carbonyl (C=O) groups excluding carboxylic acids is 1. The van der Waals surface area contributed by atoms with Crippen molar-refractivity contribution in [3.63, 3.8) is 0 Å². The average Bonchev–Trinajstić information content (AvgIpc) is 3.02. The Labute approximate surface area is 169 Å². The molecule has 2 N–H and O–H groups in total. The van der Waals surface area contributed by atoms with Crippen LogP contribution in [-0.4, -0.2) is 38.7 Å². The molecule has 0 radical (unpaired) electrons. The topological polar surface area (TPSA) is 79.6 Å². The Morgan fingerprint density at radius 3 is 2.76 bits per heavy atom. The van der Waals surface area contributed by atoms with Gasteiger partial charge in [0.1, 0.15) is 23.9 Å². The molecule has 0 saturated heterocycles. The number of benzene rings is 2. The van der Waals surface area contributed by atoms with Crippen molar-refractivity contribution in [2.75, 3.05) is 13.2 Å². The van der Waals surface area contributed by atoms with Gasteiger partial charge in [-0.2, -0.15) is 0 Å². The third kappa shape index (κ3) is 4.03. The summed E-state index contributed by atoms with van der Waals surface area (Å²) in [4.78, 5) is 18.8. The lowest BCUT2D eigenvalue weighted by Crippen LogP contribution is -2.41. The van der Waals surface area contributed by atoms with E-state index in [4.69, 9.17) is 4.74 Å². The van der Waals surface area contributed by atoms with Crippen molar-refractivity contribution in [2.45, 2.75) is 26.4 Å². The van der Waals surface area contributed by atoms with Gasteiger partial charge in [0.05, 0.1) is 19.1 Å². The number of rotatable bonds is 3. The molecule has 4 rings (SSSR count). The van der Waals surface area contributed by atoms with E-state index in [1.54, 1.807) is 29.3 Å². The minimum Gasteiger partial charge on any atom is -0.508 e. The first-order valence-corrected chi connectivity index (χ1v) is 9.61. The van der Waals surface area contributed by atoms with E-state index < -0.39 is 0 Å². The number of nitrogens with zero attached hydrogens (tertiary/aromatic N) is 3. The van der Waals surface area contributed by atoms with Gasteiger partial charge in [0.25, 0.3) is 0 Å². The lowest BCUT2D eigenvalue weighted by Gasteiger charge is -2.23. The van der Waals surface area contributed by atoms with Gasteiger partial charge in [0, 0.05) is 23.6 Å². The number of nitrogens with one attached hydrogen (secondary N) is 1. The van der Waals surface area contributed by atoms with Gasteiger partial charge in [-0.1, -0.05) is 12.1 Å². The largest absolute Gasteiger partial charge is 0.508 e. The number of imidazole rings is 1. The molecule has 7 nitrogen and oxygen atoms in total. The van der Waals surface area contributed by atoms with Gasteiger partial charge in [-0.05, 0) is 49.7 Å². The van der Waals surface area contributed by atoms with Crippen LogP contribution in [0.25, 0.3) is 5.69 Å². The van der Waals surface area contributed by atoms with E-state index in [0.29, 0.717) is 25.4 Å². The van der Waals surface area contributed by atoms with Crippen LogP contribution in [-0.2, 0) is 6.54 Å². The van der Waals surface area contributed by atoms with Crippen LogP contribution >= 0.6 is 0 Å². The van der Waals surface area contributed by atoms with Crippen LogP contribution in [0.4, 0.5) is 4.79 Å². The highest BCUT2D eigenvalue weighted by atomic mass is 16.5. The number of ether oxygens (including phenoxy) is 1. The molecule has 2 heterocycles. The first kappa shape index (κ1) is 18.9. The van der Waals surface area contributed by atoms with E-state index in [9.17, 15) is 9.90 Å². The number of carbonyl (C=O) groups is 1. The molecule has 2 aromatic carbocycles. The molecular formula is C22H24N4O3. The predicted molar refractivity (Wildman–Crippen MR) is 109 cm³/mol. The van der Waals surface area contributed by atoms with Crippen molar-refractivity contribution < 1.29 is 14.6 Å². The summed E-state index contributed by atoms with van der Waals surface area (Å²) in [5.41, 5.74) is 2.85. The second kappa shape index (κ2) is 7.87. The highest BCUT2D eigenvalue weighted by Gasteiger charge is 2.21. The molecule has 0 aliphatic carbocycles. The molecule has 1 atom stereocenters. The summed E-state index contributed by atoms with van der Waals surface area (Å²) < 4.78 is 7.70. The van der Waals surface area contributed by atoms with E-state index in [2.05, 4.69) is 10.3 Å². The average molecular weight is 392 g/mol. The predicted octanol–water partition coefficient (Wildman–Crippen LogP) is 3.55. The fourth-order valence-electron chi connectivity index (χ4n) is 3.49. The third-order valence-electron chi connectivity index (χ3n) is 5.15. The SMILES string of the molecule is Cc1nccn1-c1ccc(C(C)NC(=O)N2CCOc3ccc(O)cc3C2)cc1. The zero-order chi connectivity index (χ0) is 20.4. The number of aromatic hydroxyl groups is 1. The van der Waals surface area contributed by atoms with Crippen molar-refractivity contribution in [1.29, 1.82) is 0 Å². The molecule has 0 saturated carbocycles. The highest BCUT2D eigenvalue weighted by Crippen LogP contribution is 2.27. The van der Waals surface area contributed by atoms with Gasteiger partial charge in [0.15, 0.2) is 0 Å². The standard InChI is InChI=1S/C22H24N4O3/c1-15(17-3-5-19(6-4-17)26-10-9-23-16(26)2)24-22(28)25-11-12-29-21-8-7-20(27)13-18(21)14-25/h3-10,13,15,27H,11-12,14H2,1-2H3,(H,24,28). The zero-order valence-electron chi connectivity index (χ0n) is 16.5. The Hall–Kier alpha value is -3.48. The lowest BCUT2D eigenvalue weighted by atomic mass is 10.1. The van der Waals surface area contributed by atoms with E-state index in [1.165, 1.54) is 0 Å². The molecule has 1 aromatic heterocycles. The Morgan fingerprint density at radius 1 is 1.24 bits per heavy atom. The van der Waals surface area contributed by atoms with Gasteiger partial charge in [-0.3, -0.25) is 0 Å². The summed E-state index contributed by atoms with van der Waals surface area (Å²) in [5.74, 6) is 1.79. The van der Waals surface area contributed by atoms with Gasteiger partial charge in [-0.15, -0.1) is 0 Å². The monoisotopic (exact) mass is 392 g/mol. The Morgan fingerprint density at radius 2 is 2.03 bits per heavy atom. The number of aromatic nitrogens is 2.